The second kappa shape index (κ2) is 8.09. The first-order valence-corrected chi connectivity index (χ1v) is 9.07. The zero-order valence-corrected chi connectivity index (χ0v) is 15.5. The molecule has 0 bridgehead atoms. The maximum Gasteiger partial charge on any atom is 0.220 e. The molecule has 0 aliphatic heterocycles. The number of fused-ring (bicyclic) bond motifs is 1. The molecule has 0 fully saturated rings. The van der Waals surface area contributed by atoms with Gasteiger partial charge in [-0.05, 0) is 44.9 Å². The Labute approximate surface area is 154 Å². The second-order valence-corrected chi connectivity index (χ2v) is 6.53. The van der Waals surface area contributed by atoms with E-state index in [9.17, 15) is 4.79 Å². The number of nitrogens with one attached hydrogen (secondary N) is 1. The number of carbonyl (C=O) groups excluding carboxylic acids is 1. The highest BCUT2D eigenvalue weighted by atomic mass is 16.5. The number of rotatable bonds is 7. The summed E-state index contributed by atoms with van der Waals surface area (Å²) in [5.41, 5.74) is 3.12. The van der Waals surface area contributed by atoms with Crippen LogP contribution in [0.25, 0.3) is 11.0 Å². The van der Waals surface area contributed by atoms with Crippen molar-refractivity contribution in [2.24, 2.45) is 0 Å². The van der Waals surface area contributed by atoms with E-state index in [1.165, 1.54) is 11.1 Å². The zero-order valence-electron chi connectivity index (χ0n) is 15.5. The van der Waals surface area contributed by atoms with Crippen molar-refractivity contribution in [2.45, 2.75) is 39.7 Å². The smallest absolute Gasteiger partial charge is 0.220 e. The van der Waals surface area contributed by atoms with Crippen molar-refractivity contribution < 1.29 is 13.9 Å². The highest BCUT2D eigenvalue weighted by molar-refractivity contribution is 5.84. The molecular weight excluding hydrogens is 326 g/mol. The minimum atomic E-state index is -0.192. The molecule has 1 unspecified atom stereocenters. The molecule has 1 heterocycles. The number of hydrogen-bond donors (Lipinski definition) is 1. The van der Waals surface area contributed by atoms with E-state index in [2.05, 4.69) is 36.5 Å². The molecule has 1 aromatic heterocycles. The molecule has 0 aliphatic rings. The monoisotopic (exact) mass is 351 g/mol. The van der Waals surface area contributed by atoms with Crippen molar-refractivity contribution in [3.8, 4) is 5.75 Å². The predicted molar refractivity (Wildman–Crippen MR) is 103 cm³/mol. The highest BCUT2D eigenvalue weighted by Gasteiger charge is 2.16. The van der Waals surface area contributed by atoms with Gasteiger partial charge in [-0.2, -0.15) is 0 Å². The van der Waals surface area contributed by atoms with Gasteiger partial charge in [-0.15, -0.1) is 0 Å². The number of amides is 1. The molecule has 4 nitrogen and oxygen atoms in total. The van der Waals surface area contributed by atoms with E-state index in [0.717, 1.165) is 28.9 Å². The number of hydrogen-bond acceptors (Lipinski definition) is 3. The molecular formula is C22H25NO3. The maximum atomic E-state index is 12.3. The van der Waals surface area contributed by atoms with Crippen LogP contribution in [0.1, 0.15) is 43.2 Å². The van der Waals surface area contributed by atoms with E-state index >= 15 is 0 Å². The van der Waals surface area contributed by atoms with Crippen LogP contribution in [-0.4, -0.2) is 12.5 Å². The molecule has 0 spiro atoms. The normalized spacial score (nSPS) is 12.1. The highest BCUT2D eigenvalue weighted by Crippen LogP contribution is 2.31. The van der Waals surface area contributed by atoms with E-state index < -0.39 is 0 Å². The standard InChI is InChI=1S/C22H25NO3/c1-4-25-19-7-5-6-18-14-20(26-22(18)19)16(3)23-21(24)13-12-17-10-8-15(2)9-11-17/h5-11,14,16H,4,12-13H2,1-3H3,(H,23,24). The number of para-hydroxylation sites is 1. The summed E-state index contributed by atoms with van der Waals surface area (Å²) in [5.74, 6) is 1.48. The van der Waals surface area contributed by atoms with Gasteiger partial charge in [-0.3, -0.25) is 4.79 Å². The lowest BCUT2D eigenvalue weighted by atomic mass is 10.1. The summed E-state index contributed by atoms with van der Waals surface area (Å²) in [6, 6.07) is 15.9. The lowest BCUT2D eigenvalue weighted by Gasteiger charge is -2.11. The third-order valence-corrected chi connectivity index (χ3v) is 4.39. The third-order valence-electron chi connectivity index (χ3n) is 4.39. The van der Waals surface area contributed by atoms with Crippen molar-refractivity contribution in [3.05, 3.63) is 65.4 Å². The summed E-state index contributed by atoms with van der Waals surface area (Å²) in [4.78, 5) is 12.3. The van der Waals surface area contributed by atoms with E-state index in [4.69, 9.17) is 9.15 Å². The average molecular weight is 351 g/mol. The van der Waals surface area contributed by atoms with Crippen LogP contribution in [0.2, 0.25) is 0 Å². The van der Waals surface area contributed by atoms with Crippen LogP contribution >= 0.6 is 0 Å². The van der Waals surface area contributed by atoms with Crippen LogP contribution in [0.15, 0.2) is 52.9 Å². The Morgan fingerprint density at radius 2 is 1.96 bits per heavy atom. The number of aryl methyl sites for hydroxylation is 2. The number of benzene rings is 2. The minimum absolute atomic E-state index is 0.0172. The minimum Gasteiger partial charge on any atom is -0.490 e. The van der Waals surface area contributed by atoms with Crippen molar-refractivity contribution in [2.75, 3.05) is 6.61 Å². The lowest BCUT2D eigenvalue weighted by molar-refractivity contribution is -0.121. The van der Waals surface area contributed by atoms with Gasteiger partial charge in [-0.25, -0.2) is 0 Å². The third kappa shape index (κ3) is 4.26. The van der Waals surface area contributed by atoms with Gasteiger partial charge in [0.2, 0.25) is 5.91 Å². The van der Waals surface area contributed by atoms with Crippen molar-refractivity contribution in [1.29, 1.82) is 0 Å². The van der Waals surface area contributed by atoms with Crippen LogP contribution in [0.4, 0.5) is 0 Å². The van der Waals surface area contributed by atoms with E-state index in [0.29, 0.717) is 13.0 Å². The van der Waals surface area contributed by atoms with E-state index in [1.807, 2.05) is 38.1 Å². The SMILES string of the molecule is CCOc1cccc2cc(C(C)NC(=O)CCc3ccc(C)cc3)oc12. The molecule has 0 saturated carbocycles. The summed E-state index contributed by atoms with van der Waals surface area (Å²) < 4.78 is 11.6. The van der Waals surface area contributed by atoms with Crippen LogP contribution < -0.4 is 10.1 Å². The van der Waals surface area contributed by atoms with Gasteiger partial charge in [0, 0.05) is 11.8 Å². The Bertz CT molecular complexity index is 880. The van der Waals surface area contributed by atoms with Gasteiger partial charge in [0.25, 0.3) is 0 Å². The molecule has 1 atom stereocenters. The van der Waals surface area contributed by atoms with Crippen LogP contribution in [0.5, 0.6) is 5.75 Å². The summed E-state index contributed by atoms with van der Waals surface area (Å²) >= 11 is 0. The Balaban J connectivity index is 1.62. The Hall–Kier alpha value is -2.75. The van der Waals surface area contributed by atoms with E-state index in [1.54, 1.807) is 0 Å². The summed E-state index contributed by atoms with van der Waals surface area (Å²) in [6.07, 6.45) is 1.19. The first kappa shape index (κ1) is 18.1. The fourth-order valence-corrected chi connectivity index (χ4v) is 2.94. The topological polar surface area (TPSA) is 51.5 Å². The van der Waals surface area contributed by atoms with Gasteiger partial charge in [0.1, 0.15) is 5.76 Å². The van der Waals surface area contributed by atoms with Crippen LogP contribution in [0.3, 0.4) is 0 Å². The molecule has 3 rings (SSSR count). The van der Waals surface area contributed by atoms with Gasteiger partial charge in [-0.1, -0.05) is 42.0 Å². The Morgan fingerprint density at radius 3 is 2.69 bits per heavy atom. The zero-order chi connectivity index (χ0) is 18.5. The number of carbonyl (C=O) groups is 1. The van der Waals surface area contributed by atoms with Crippen molar-refractivity contribution >= 4 is 16.9 Å². The lowest BCUT2D eigenvalue weighted by Crippen LogP contribution is -2.26. The van der Waals surface area contributed by atoms with Crippen LogP contribution in [-0.2, 0) is 11.2 Å². The maximum absolute atomic E-state index is 12.3. The first-order valence-electron chi connectivity index (χ1n) is 9.07. The summed E-state index contributed by atoms with van der Waals surface area (Å²) in [5, 5.41) is 4.00. The Morgan fingerprint density at radius 1 is 1.19 bits per heavy atom. The largest absolute Gasteiger partial charge is 0.490 e. The second-order valence-electron chi connectivity index (χ2n) is 6.53. The molecule has 136 valence electrons. The Kier molecular flexibility index (Phi) is 5.61. The number of ether oxygens (including phenoxy) is 1. The molecule has 0 saturated heterocycles. The first-order chi connectivity index (χ1) is 12.6. The molecule has 26 heavy (non-hydrogen) atoms. The number of furan rings is 1. The quantitative estimate of drug-likeness (QED) is 0.655. The van der Waals surface area contributed by atoms with Gasteiger partial charge >= 0.3 is 0 Å². The molecule has 4 heteroatoms. The molecule has 0 aliphatic carbocycles. The predicted octanol–water partition coefficient (Wildman–Crippen LogP) is 4.95. The van der Waals surface area contributed by atoms with Gasteiger partial charge in [0.05, 0.1) is 12.6 Å². The summed E-state index contributed by atoms with van der Waals surface area (Å²) in [6.45, 7) is 6.52. The fraction of sp³-hybridized carbons (Fsp3) is 0.318. The molecule has 1 N–H and O–H groups in total. The van der Waals surface area contributed by atoms with Gasteiger partial charge in [0.15, 0.2) is 11.3 Å². The van der Waals surface area contributed by atoms with Crippen molar-refractivity contribution in [1.82, 2.24) is 5.32 Å². The van der Waals surface area contributed by atoms with E-state index in [-0.39, 0.29) is 11.9 Å². The molecule has 2 aromatic carbocycles. The van der Waals surface area contributed by atoms with Crippen molar-refractivity contribution in [3.63, 3.8) is 0 Å². The van der Waals surface area contributed by atoms with Gasteiger partial charge < -0.3 is 14.5 Å². The summed E-state index contributed by atoms with van der Waals surface area (Å²) in [7, 11) is 0. The van der Waals surface area contributed by atoms with Crippen LogP contribution in [0, 0.1) is 6.92 Å². The molecule has 3 aromatic rings. The molecule has 0 radical (unpaired) electrons. The average Bonchev–Trinajstić information content (AvgIpc) is 3.07. The molecule has 1 amide bonds. The fourth-order valence-electron chi connectivity index (χ4n) is 2.94.